The number of nitrogen functional groups attached to an aromatic ring is 1. The van der Waals surface area contributed by atoms with Crippen LogP contribution in [0.2, 0.25) is 0 Å². The predicted octanol–water partition coefficient (Wildman–Crippen LogP) is 4.89. The highest BCUT2D eigenvalue weighted by atomic mass is 16.5. The number of hydrogen-bond acceptors (Lipinski definition) is 3. The molecule has 0 saturated heterocycles. The van der Waals surface area contributed by atoms with E-state index in [0.717, 1.165) is 29.0 Å². The Morgan fingerprint density at radius 1 is 1.16 bits per heavy atom. The number of hydrogen-bond donors (Lipinski definition) is 2. The standard InChI is InChI=1S/C21H28N2O2/c1-5-14(3)17-9-7-8-10-20(17)25-19(6-2)21(24)23-18-12-11-16(22)13-15(18)4/h7-14,19H,5-6,22H2,1-4H3,(H,23,24)/t14-,19-/m0/s1. The maximum absolute atomic E-state index is 12.7. The van der Waals surface area contributed by atoms with Crippen LogP contribution in [-0.2, 0) is 4.79 Å². The number of benzene rings is 2. The van der Waals surface area contributed by atoms with Crippen LogP contribution >= 0.6 is 0 Å². The lowest BCUT2D eigenvalue weighted by atomic mass is 9.98. The third kappa shape index (κ3) is 4.75. The summed E-state index contributed by atoms with van der Waals surface area (Å²) in [6, 6.07) is 13.4. The maximum atomic E-state index is 12.7. The van der Waals surface area contributed by atoms with Crippen LogP contribution < -0.4 is 15.8 Å². The fraction of sp³-hybridized carbons (Fsp3) is 0.381. The van der Waals surface area contributed by atoms with E-state index in [1.54, 1.807) is 6.07 Å². The van der Waals surface area contributed by atoms with Crippen LogP contribution in [0.4, 0.5) is 11.4 Å². The Balaban J connectivity index is 2.16. The summed E-state index contributed by atoms with van der Waals surface area (Å²) in [5.74, 6) is 1.03. The van der Waals surface area contributed by atoms with Gasteiger partial charge in [-0.05, 0) is 61.1 Å². The molecule has 0 fully saturated rings. The second kappa shape index (κ2) is 8.56. The van der Waals surface area contributed by atoms with Crippen LogP contribution in [0.25, 0.3) is 0 Å². The molecule has 0 unspecified atom stereocenters. The van der Waals surface area contributed by atoms with E-state index in [-0.39, 0.29) is 5.91 Å². The minimum Gasteiger partial charge on any atom is -0.480 e. The lowest BCUT2D eigenvalue weighted by Gasteiger charge is -2.21. The van der Waals surface area contributed by atoms with Crippen molar-refractivity contribution in [2.45, 2.75) is 52.6 Å². The number of aryl methyl sites for hydroxylation is 1. The Hall–Kier alpha value is -2.49. The van der Waals surface area contributed by atoms with Crippen molar-refractivity contribution in [3.05, 3.63) is 53.6 Å². The molecule has 0 heterocycles. The summed E-state index contributed by atoms with van der Waals surface area (Å²) in [5, 5.41) is 2.95. The zero-order valence-corrected chi connectivity index (χ0v) is 15.5. The highest BCUT2D eigenvalue weighted by Gasteiger charge is 2.21. The van der Waals surface area contributed by atoms with E-state index in [1.807, 2.05) is 44.2 Å². The van der Waals surface area contributed by atoms with E-state index in [2.05, 4.69) is 25.2 Å². The summed E-state index contributed by atoms with van der Waals surface area (Å²) < 4.78 is 6.08. The van der Waals surface area contributed by atoms with Crippen molar-refractivity contribution in [3.8, 4) is 5.75 Å². The molecule has 0 saturated carbocycles. The molecule has 0 spiro atoms. The molecule has 4 nitrogen and oxygen atoms in total. The van der Waals surface area contributed by atoms with E-state index in [1.165, 1.54) is 0 Å². The first-order valence-corrected chi connectivity index (χ1v) is 8.88. The topological polar surface area (TPSA) is 64.3 Å². The van der Waals surface area contributed by atoms with Crippen LogP contribution in [0.3, 0.4) is 0 Å². The van der Waals surface area contributed by atoms with Gasteiger partial charge in [-0.2, -0.15) is 0 Å². The number of carbonyl (C=O) groups is 1. The number of rotatable bonds is 7. The quantitative estimate of drug-likeness (QED) is 0.706. The molecule has 0 aliphatic heterocycles. The first kappa shape index (κ1) is 18.8. The molecule has 2 aromatic rings. The predicted molar refractivity (Wildman–Crippen MR) is 104 cm³/mol. The molecule has 0 aromatic heterocycles. The molecule has 1 amide bonds. The smallest absolute Gasteiger partial charge is 0.265 e. The summed E-state index contributed by atoms with van der Waals surface area (Å²) in [6.45, 7) is 8.19. The minimum atomic E-state index is -0.540. The summed E-state index contributed by atoms with van der Waals surface area (Å²) in [7, 11) is 0. The average molecular weight is 340 g/mol. The lowest BCUT2D eigenvalue weighted by Crippen LogP contribution is -2.33. The van der Waals surface area contributed by atoms with Crippen LogP contribution in [0.5, 0.6) is 5.75 Å². The van der Waals surface area contributed by atoms with Crippen molar-refractivity contribution in [3.63, 3.8) is 0 Å². The Labute approximate surface area is 150 Å². The number of para-hydroxylation sites is 1. The monoisotopic (exact) mass is 340 g/mol. The molecule has 0 bridgehead atoms. The molecule has 25 heavy (non-hydrogen) atoms. The van der Waals surface area contributed by atoms with Gasteiger partial charge in [0.2, 0.25) is 0 Å². The normalized spacial score (nSPS) is 13.1. The first-order chi connectivity index (χ1) is 12.0. The van der Waals surface area contributed by atoms with E-state index in [0.29, 0.717) is 18.0 Å². The van der Waals surface area contributed by atoms with Crippen LogP contribution in [0, 0.1) is 6.92 Å². The molecule has 2 rings (SSSR count). The summed E-state index contributed by atoms with van der Waals surface area (Å²) in [4.78, 5) is 12.7. The van der Waals surface area contributed by atoms with Gasteiger partial charge in [-0.25, -0.2) is 0 Å². The Kier molecular flexibility index (Phi) is 6.45. The zero-order chi connectivity index (χ0) is 18.4. The fourth-order valence-corrected chi connectivity index (χ4v) is 2.73. The molecule has 0 aliphatic rings. The zero-order valence-electron chi connectivity index (χ0n) is 15.5. The Bertz CT molecular complexity index is 728. The second-order valence-electron chi connectivity index (χ2n) is 6.43. The number of nitrogens with one attached hydrogen (secondary N) is 1. The van der Waals surface area contributed by atoms with Crippen molar-refractivity contribution in [1.82, 2.24) is 0 Å². The highest BCUT2D eigenvalue weighted by molar-refractivity contribution is 5.95. The van der Waals surface area contributed by atoms with Crippen molar-refractivity contribution in [1.29, 1.82) is 0 Å². The number of anilines is 2. The van der Waals surface area contributed by atoms with Crippen molar-refractivity contribution < 1.29 is 9.53 Å². The van der Waals surface area contributed by atoms with E-state index < -0.39 is 6.10 Å². The largest absolute Gasteiger partial charge is 0.480 e. The van der Waals surface area contributed by atoms with Crippen LogP contribution in [0.1, 0.15) is 50.7 Å². The first-order valence-electron chi connectivity index (χ1n) is 8.88. The van der Waals surface area contributed by atoms with E-state index >= 15 is 0 Å². The van der Waals surface area contributed by atoms with Gasteiger partial charge in [0, 0.05) is 11.4 Å². The van der Waals surface area contributed by atoms with Gasteiger partial charge in [0.25, 0.3) is 5.91 Å². The van der Waals surface area contributed by atoms with Gasteiger partial charge in [0.05, 0.1) is 0 Å². The van der Waals surface area contributed by atoms with Crippen molar-refractivity contribution in [2.24, 2.45) is 0 Å². The molecular formula is C21H28N2O2. The highest BCUT2D eigenvalue weighted by Crippen LogP contribution is 2.29. The molecule has 3 N–H and O–H groups in total. The van der Waals surface area contributed by atoms with Gasteiger partial charge in [0.1, 0.15) is 5.75 Å². The third-order valence-corrected chi connectivity index (χ3v) is 4.50. The third-order valence-electron chi connectivity index (χ3n) is 4.50. The number of amides is 1. The molecule has 2 atom stereocenters. The molecular weight excluding hydrogens is 312 g/mol. The SMILES string of the molecule is CC[C@H](Oc1ccccc1[C@@H](C)CC)C(=O)Nc1ccc(N)cc1C. The summed E-state index contributed by atoms with van der Waals surface area (Å²) in [6.07, 6.45) is 1.07. The summed E-state index contributed by atoms with van der Waals surface area (Å²) >= 11 is 0. The van der Waals surface area contributed by atoms with Crippen molar-refractivity contribution >= 4 is 17.3 Å². The van der Waals surface area contributed by atoms with Gasteiger partial charge >= 0.3 is 0 Å². The second-order valence-corrected chi connectivity index (χ2v) is 6.43. The van der Waals surface area contributed by atoms with Gasteiger partial charge in [-0.3, -0.25) is 4.79 Å². The molecule has 4 heteroatoms. The minimum absolute atomic E-state index is 0.144. The maximum Gasteiger partial charge on any atom is 0.265 e. The molecule has 0 radical (unpaired) electrons. The Morgan fingerprint density at radius 3 is 2.52 bits per heavy atom. The van der Waals surface area contributed by atoms with Crippen LogP contribution in [-0.4, -0.2) is 12.0 Å². The van der Waals surface area contributed by atoms with E-state index in [4.69, 9.17) is 10.5 Å². The van der Waals surface area contributed by atoms with Gasteiger partial charge in [-0.15, -0.1) is 0 Å². The van der Waals surface area contributed by atoms with Gasteiger partial charge in [0.15, 0.2) is 6.10 Å². The van der Waals surface area contributed by atoms with E-state index in [9.17, 15) is 4.79 Å². The molecule has 134 valence electrons. The van der Waals surface area contributed by atoms with Gasteiger partial charge < -0.3 is 15.8 Å². The number of ether oxygens (including phenoxy) is 1. The molecule has 0 aliphatic carbocycles. The average Bonchev–Trinajstić information content (AvgIpc) is 2.61. The lowest BCUT2D eigenvalue weighted by molar-refractivity contribution is -0.122. The Morgan fingerprint density at radius 2 is 1.88 bits per heavy atom. The van der Waals surface area contributed by atoms with Crippen LogP contribution in [0.15, 0.2) is 42.5 Å². The molecule has 2 aromatic carbocycles. The fourth-order valence-electron chi connectivity index (χ4n) is 2.73. The summed E-state index contributed by atoms with van der Waals surface area (Å²) in [5.41, 5.74) is 9.28. The van der Waals surface area contributed by atoms with Crippen molar-refractivity contribution in [2.75, 3.05) is 11.1 Å². The number of carbonyl (C=O) groups excluding carboxylic acids is 1. The number of nitrogens with two attached hydrogens (primary N) is 1. The van der Waals surface area contributed by atoms with Gasteiger partial charge in [-0.1, -0.05) is 39.0 Å².